The van der Waals surface area contributed by atoms with E-state index in [4.69, 9.17) is 9.47 Å². The van der Waals surface area contributed by atoms with Crippen LogP contribution >= 0.6 is 0 Å². The van der Waals surface area contributed by atoms with Gasteiger partial charge in [-0.15, -0.1) is 0 Å². The molecule has 1 aromatic heterocycles. The molecule has 7 nitrogen and oxygen atoms in total. The second kappa shape index (κ2) is 8.18. The summed E-state index contributed by atoms with van der Waals surface area (Å²) in [7, 11) is 0. The Kier molecular flexibility index (Phi) is 5.29. The van der Waals surface area contributed by atoms with Gasteiger partial charge >= 0.3 is 0 Å². The number of nitrogens with one attached hydrogen (secondary N) is 2. The van der Waals surface area contributed by atoms with Gasteiger partial charge in [-0.05, 0) is 36.6 Å². The van der Waals surface area contributed by atoms with Crippen LogP contribution in [-0.2, 0) is 6.42 Å². The summed E-state index contributed by atoms with van der Waals surface area (Å²) >= 11 is 0. The van der Waals surface area contributed by atoms with Crippen molar-refractivity contribution < 1.29 is 14.3 Å². The minimum atomic E-state index is -0.293. The number of fused-ring (bicyclic) bond motifs is 1. The van der Waals surface area contributed by atoms with Gasteiger partial charge in [0.05, 0.1) is 5.56 Å². The van der Waals surface area contributed by atoms with E-state index in [0.717, 1.165) is 17.7 Å². The number of benzene rings is 2. The molecule has 2 aromatic carbocycles. The van der Waals surface area contributed by atoms with Gasteiger partial charge in [0.15, 0.2) is 11.5 Å². The van der Waals surface area contributed by atoms with Crippen LogP contribution in [0.15, 0.2) is 48.8 Å². The van der Waals surface area contributed by atoms with Gasteiger partial charge in [-0.3, -0.25) is 4.79 Å². The van der Waals surface area contributed by atoms with Crippen LogP contribution in [0.2, 0.25) is 0 Å². The van der Waals surface area contributed by atoms with Crippen LogP contribution in [0.5, 0.6) is 11.5 Å². The molecule has 0 atom stereocenters. The van der Waals surface area contributed by atoms with Crippen LogP contribution < -0.4 is 20.1 Å². The van der Waals surface area contributed by atoms with E-state index in [2.05, 4.69) is 33.6 Å². The van der Waals surface area contributed by atoms with Crippen LogP contribution in [0.4, 0.5) is 17.3 Å². The lowest BCUT2D eigenvalue weighted by Crippen LogP contribution is -2.16. The molecule has 7 heteroatoms. The van der Waals surface area contributed by atoms with Crippen molar-refractivity contribution in [2.45, 2.75) is 20.3 Å². The van der Waals surface area contributed by atoms with Crippen molar-refractivity contribution in [1.82, 2.24) is 9.97 Å². The third-order valence-electron chi connectivity index (χ3n) is 4.69. The fourth-order valence-corrected chi connectivity index (χ4v) is 3.15. The number of ether oxygens (including phenoxy) is 2. The molecule has 0 radical (unpaired) electrons. The molecular weight excluding hydrogens is 368 g/mol. The highest BCUT2D eigenvalue weighted by molar-refractivity contribution is 6.04. The predicted molar refractivity (Wildman–Crippen MR) is 111 cm³/mol. The number of hydrogen-bond acceptors (Lipinski definition) is 6. The van der Waals surface area contributed by atoms with Crippen LogP contribution in [-0.4, -0.2) is 29.1 Å². The summed E-state index contributed by atoms with van der Waals surface area (Å²) in [5, 5.41) is 6.09. The van der Waals surface area contributed by atoms with Crippen LogP contribution in [0, 0.1) is 6.92 Å². The molecule has 0 aliphatic carbocycles. The average molecular weight is 390 g/mol. The number of para-hydroxylation sites is 1. The van der Waals surface area contributed by atoms with E-state index in [0.29, 0.717) is 41.9 Å². The minimum Gasteiger partial charge on any atom is -0.486 e. The Hall–Kier alpha value is -3.61. The Morgan fingerprint density at radius 3 is 2.59 bits per heavy atom. The van der Waals surface area contributed by atoms with Gasteiger partial charge in [0.25, 0.3) is 5.91 Å². The highest BCUT2D eigenvalue weighted by Gasteiger charge is 2.14. The smallest absolute Gasteiger partial charge is 0.258 e. The summed E-state index contributed by atoms with van der Waals surface area (Å²) in [5.74, 6) is 1.45. The molecule has 0 spiro atoms. The van der Waals surface area contributed by atoms with Gasteiger partial charge in [-0.1, -0.05) is 25.1 Å². The number of rotatable bonds is 5. The average Bonchev–Trinajstić information content (AvgIpc) is 2.75. The topological polar surface area (TPSA) is 85.4 Å². The quantitative estimate of drug-likeness (QED) is 0.682. The first kappa shape index (κ1) is 18.7. The summed E-state index contributed by atoms with van der Waals surface area (Å²) in [6, 6.07) is 11.4. The molecular formula is C22H22N4O3. The van der Waals surface area contributed by atoms with Crippen LogP contribution in [0.25, 0.3) is 0 Å². The number of aryl methyl sites for hydroxylation is 2. The van der Waals surface area contributed by atoms with E-state index in [9.17, 15) is 4.79 Å². The second-order valence-electron chi connectivity index (χ2n) is 6.70. The lowest BCUT2D eigenvalue weighted by atomic mass is 10.1. The lowest BCUT2D eigenvalue weighted by Gasteiger charge is -2.19. The zero-order valence-electron chi connectivity index (χ0n) is 16.4. The molecule has 0 saturated carbocycles. The summed E-state index contributed by atoms with van der Waals surface area (Å²) in [6.45, 7) is 5.16. The van der Waals surface area contributed by atoms with Gasteiger partial charge in [0.1, 0.15) is 13.2 Å². The van der Waals surface area contributed by atoms with Crippen molar-refractivity contribution in [2.75, 3.05) is 23.8 Å². The first-order chi connectivity index (χ1) is 14.1. The number of carbonyl (C=O) groups excluding carboxylic acids is 1. The summed E-state index contributed by atoms with van der Waals surface area (Å²) in [5.41, 5.74) is 4.30. The molecule has 2 N–H and O–H groups in total. The SMILES string of the molecule is CCc1cccc(C)c1Nc1ncc(C(=O)Nc2ccc3c(c2)OCCO3)cn1. The standard InChI is InChI=1S/C22H22N4O3/c1-3-15-6-4-5-14(2)20(15)26-22-23-12-16(13-24-22)21(27)25-17-7-8-18-19(11-17)29-10-9-28-18/h4-8,11-13H,3,9-10H2,1-2H3,(H,25,27)(H,23,24,26). The van der Waals surface area contributed by atoms with E-state index in [1.54, 1.807) is 18.2 Å². The van der Waals surface area contributed by atoms with Crippen LogP contribution in [0.1, 0.15) is 28.4 Å². The van der Waals surface area contributed by atoms with Crippen molar-refractivity contribution >= 4 is 23.2 Å². The van der Waals surface area contributed by atoms with E-state index >= 15 is 0 Å². The fourth-order valence-electron chi connectivity index (χ4n) is 3.15. The Labute approximate surface area is 169 Å². The zero-order valence-corrected chi connectivity index (χ0v) is 16.4. The number of hydrogen-bond donors (Lipinski definition) is 2. The maximum atomic E-state index is 12.5. The van der Waals surface area contributed by atoms with Gasteiger partial charge in [0.2, 0.25) is 5.95 Å². The lowest BCUT2D eigenvalue weighted by molar-refractivity contribution is 0.102. The summed E-state index contributed by atoms with van der Waals surface area (Å²) in [6.07, 6.45) is 3.92. The van der Waals surface area contributed by atoms with Gasteiger partial charge in [-0.2, -0.15) is 0 Å². The fraction of sp³-hybridized carbons (Fsp3) is 0.227. The summed E-state index contributed by atoms with van der Waals surface area (Å²) in [4.78, 5) is 21.1. The summed E-state index contributed by atoms with van der Waals surface area (Å²) < 4.78 is 11.0. The van der Waals surface area contributed by atoms with Gasteiger partial charge in [-0.25, -0.2) is 9.97 Å². The highest BCUT2D eigenvalue weighted by Crippen LogP contribution is 2.32. The number of nitrogens with zero attached hydrogens (tertiary/aromatic N) is 2. The largest absolute Gasteiger partial charge is 0.486 e. The monoisotopic (exact) mass is 390 g/mol. The number of aromatic nitrogens is 2. The maximum Gasteiger partial charge on any atom is 0.258 e. The molecule has 1 aliphatic rings. The van der Waals surface area contributed by atoms with Gasteiger partial charge in [0, 0.05) is 29.8 Å². The molecule has 3 aromatic rings. The Morgan fingerprint density at radius 2 is 1.83 bits per heavy atom. The van der Waals surface area contributed by atoms with Gasteiger partial charge < -0.3 is 20.1 Å². The predicted octanol–water partition coefficient (Wildman–Crippen LogP) is 4.11. The van der Waals surface area contributed by atoms with E-state index in [1.807, 2.05) is 19.1 Å². The number of amides is 1. The van der Waals surface area contributed by atoms with Crippen molar-refractivity contribution in [2.24, 2.45) is 0 Å². The molecule has 0 saturated heterocycles. The molecule has 148 valence electrons. The normalized spacial score (nSPS) is 12.3. The van der Waals surface area contributed by atoms with Crippen molar-refractivity contribution in [1.29, 1.82) is 0 Å². The molecule has 4 rings (SSSR count). The first-order valence-electron chi connectivity index (χ1n) is 9.52. The molecule has 0 unspecified atom stereocenters. The van der Waals surface area contributed by atoms with E-state index in [-0.39, 0.29) is 5.91 Å². The van der Waals surface area contributed by atoms with Crippen LogP contribution in [0.3, 0.4) is 0 Å². The number of carbonyl (C=O) groups is 1. The Morgan fingerprint density at radius 1 is 1.07 bits per heavy atom. The number of anilines is 3. The molecule has 2 heterocycles. The Bertz CT molecular complexity index is 1030. The Balaban J connectivity index is 1.46. The molecule has 1 amide bonds. The highest BCUT2D eigenvalue weighted by atomic mass is 16.6. The minimum absolute atomic E-state index is 0.293. The van der Waals surface area contributed by atoms with E-state index in [1.165, 1.54) is 18.0 Å². The van der Waals surface area contributed by atoms with Crippen molar-refractivity contribution in [3.63, 3.8) is 0 Å². The van der Waals surface area contributed by atoms with E-state index < -0.39 is 0 Å². The van der Waals surface area contributed by atoms with Crippen molar-refractivity contribution in [3.8, 4) is 11.5 Å². The molecule has 29 heavy (non-hydrogen) atoms. The zero-order chi connectivity index (χ0) is 20.2. The maximum absolute atomic E-state index is 12.5. The second-order valence-corrected chi connectivity index (χ2v) is 6.70. The molecule has 0 fully saturated rings. The molecule has 1 aliphatic heterocycles. The third kappa shape index (κ3) is 4.13. The molecule has 0 bridgehead atoms. The first-order valence-corrected chi connectivity index (χ1v) is 9.52. The van der Waals surface area contributed by atoms with Crippen molar-refractivity contribution in [3.05, 3.63) is 65.5 Å². The third-order valence-corrected chi connectivity index (χ3v) is 4.69.